The van der Waals surface area contributed by atoms with Crippen LogP contribution in [0.1, 0.15) is 17.2 Å². The Bertz CT molecular complexity index is 880. The van der Waals surface area contributed by atoms with Gasteiger partial charge in [0.1, 0.15) is 0 Å². The molecule has 2 aromatic rings. The van der Waals surface area contributed by atoms with Crippen molar-refractivity contribution in [2.24, 2.45) is 11.8 Å². The molecule has 0 amide bonds. The first-order valence-corrected chi connectivity index (χ1v) is 9.68. The fourth-order valence-corrected chi connectivity index (χ4v) is 3.96. The van der Waals surface area contributed by atoms with E-state index in [1.807, 2.05) is 36.4 Å². The summed E-state index contributed by atoms with van der Waals surface area (Å²) in [6.45, 7) is 0.438. The van der Waals surface area contributed by atoms with Gasteiger partial charge in [-0.1, -0.05) is 12.1 Å². The summed E-state index contributed by atoms with van der Waals surface area (Å²) in [5.74, 6) is 1.74. The van der Waals surface area contributed by atoms with E-state index >= 15 is 0 Å². The van der Waals surface area contributed by atoms with Crippen LogP contribution in [0.2, 0.25) is 0 Å². The molecule has 2 aromatic carbocycles. The first kappa shape index (κ1) is 21.8. The maximum Gasteiger partial charge on any atom is 0.312 e. The summed E-state index contributed by atoms with van der Waals surface area (Å²) in [5, 5.41) is 0. The third-order valence-electron chi connectivity index (χ3n) is 5.48. The van der Waals surface area contributed by atoms with E-state index in [4.69, 9.17) is 28.4 Å². The number of rotatable bonds is 8. The van der Waals surface area contributed by atoms with Gasteiger partial charge < -0.3 is 28.4 Å². The molecule has 1 aliphatic heterocycles. The van der Waals surface area contributed by atoms with Gasteiger partial charge in [-0.2, -0.15) is 0 Å². The third-order valence-corrected chi connectivity index (χ3v) is 5.48. The summed E-state index contributed by atoms with van der Waals surface area (Å²) in [6, 6.07) is 11.3. The largest absolute Gasteiger partial charge is 0.493 e. The molecule has 30 heavy (non-hydrogen) atoms. The maximum absolute atomic E-state index is 12.7. The van der Waals surface area contributed by atoms with Crippen molar-refractivity contribution in [3.63, 3.8) is 0 Å². The molecule has 0 spiro atoms. The number of hydrogen-bond acceptors (Lipinski definition) is 7. The second kappa shape index (κ2) is 9.71. The predicted octanol–water partition coefficient (Wildman–Crippen LogP) is 3.44. The van der Waals surface area contributed by atoms with Crippen molar-refractivity contribution in [3.05, 3.63) is 47.5 Å². The van der Waals surface area contributed by atoms with Crippen molar-refractivity contribution in [2.75, 3.05) is 42.2 Å². The van der Waals surface area contributed by atoms with Crippen LogP contribution in [0.15, 0.2) is 36.4 Å². The Morgan fingerprint density at radius 3 is 2.07 bits per heavy atom. The minimum absolute atomic E-state index is 0.0475. The Morgan fingerprint density at radius 1 is 0.867 bits per heavy atom. The lowest BCUT2D eigenvalue weighted by Gasteiger charge is -2.22. The molecule has 0 bridgehead atoms. The highest BCUT2D eigenvalue weighted by Gasteiger charge is 2.44. The molecule has 3 rings (SSSR count). The number of carbonyl (C=O) groups excluding carboxylic acids is 1. The lowest BCUT2D eigenvalue weighted by atomic mass is 9.83. The number of hydrogen-bond donors (Lipinski definition) is 0. The molecule has 1 fully saturated rings. The fourth-order valence-electron chi connectivity index (χ4n) is 3.96. The summed E-state index contributed by atoms with van der Waals surface area (Å²) in [7, 11) is 7.77. The van der Waals surface area contributed by atoms with Crippen LogP contribution < -0.4 is 18.9 Å². The highest BCUT2D eigenvalue weighted by molar-refractivity contribution is 5.74. The molecule has 162 valence electrons. The Balaban J connectivity index is 1.88. The number of ether oxygens (including phenoxy) is 6. The molecule has 1 aliphatic rings. The van der Waals surface area contributed by atoms with Crippen LogP contribution in [0.4, 0.5) is 0 Å². The van der Waals surface area contributed by atoms with Crippen LogP contribution in [-0.2, 0) is 20.7 Å². The zero-order valence-electron chi connectivity index (χ0n) is 18.0. The van der Waals surface area contributed by atoms with E-state index in [0.29, 0.717) is 36.0 Å². The van der Waals surface area contributed by atoms with Gasteiger partial charge in [0.05, 0.1) is 54.2 Å². The van der Waals surface area contributed by atoms with Crippen LogP contribution in [0.5, 0.6) is 23.0 Å². The molecule has 0 unspecified atom stereocenters. The molecule has 1 heterocycles. The molecule has 1 saturated heterocycles. The van der Waals surface area contributed by atoms with Gasteiger partial charge in [-0.15, -0.1) is 0 Å². The summed E-state index contributed by atoms with van der Waals surface area (Å²) >= 11 is 0. The molecule has 0 aliphatic carbocycles. The molecular weight excluding hydrogens is 388 g/mol. The zero-order chi connectivity index (χ0) is 21.7. The number of methoxy groups -OCH3 is 5. The standard InChI is InChI=1S/C23H28O7/c1-25-17-8-6-14(11-19(17)27-3)10-16-13-30-22(21(16)23(24)29-5)15-7-9-18(26-2)20(12-15)28-4/h6-9,11-12,16,21-22H,10,13H2,1-5H3/t16-,21-,22+/m1/s1. The zero-order valence-corrected chi connectivity index (χ0v) is 18.0. The van der Waals surface area contributed by atoms with Gasteiger partial charge >= 0.3 is 5.97 Å². The maximum atomic E-state index is 12.7. The summed E-state index contributed by atoms with van der Waals surface area (Å²) in [5.41, 5.74) is 1.88. The van der Waals surface area contributed by atoms with Crippen molar-refractivity contribution >= 4 is 5.97 Å². The predicted molar refractivity (Wildman–Crippen MR) is 110 cm³/mol. The van der Waals surface area contributed by atoms with Gasteiger partial charge in [0.15, 0.2) is 23.0 Å². The smallest absolute Gasteiger partial charge is 0.312 e. The molecular formula is C23H28O7. The van der Waals surface area contributed by atoms with E-state index in [1.54, 1.807) is 28.4 Å². The molecule has 0 N–H and O–H groups in total. The molecule has 7 nitrogen and oxygen atoms in total. The van der Waals surface area contributed by atoms with Crippen LogP contribution in [-0.4, -0.2) is 48.1 Å². The summed E-state index contributed by atoms with van der Waals surface area (Å²) < 4.78 is 32.6. The molecule has 0 saturated carbocycles. The van der Waals surface area contributed by atoms with Crippen molar-refractivity contribution in [1.82, 2.24) is 0 Å². The van der Waals surface area contributed by atoms with E-state index < -0.39 is 12.0 Å². The van der Waals surface area contributed by atoms with E-state index in [2.05, 4.69) is 0 Å². The highest BCUT2D eigenvalue weighted by atomic mass is 16.5. The Hall–Kier alpha value is -2.93. The van der Waals surface area contributed by atoms with E-state index in [0.717, 1.165) is 11.1 Å². The van der Waals surface area contributed by atoms with Crippen LogP contribution >= 0.6 is 0 Å². The van der Waals surface area contributed by atoms with Crippen LogP contribution in [0.3, 0.4) is 0 Å². The monoisotopic (exact) mass is 416 g/mol. The van der Waals surface area contributed by atoms with Crippen LogP contribution in [0.25, 0.3) is 0 Å². The van der Waals surface area contributed by atoms with Gasteiger partial charge in [-0.25, -0.2) is 0 Å². The lowest BCUT2D eigenvalue weighted by molar-refractivity contribution is -0.148. The van der Waals surface area contributed by atoms with Crippen LogP contribution in [0, 0.1) is 11.8 Å². The first-order chi connectivity index (χ1) is 14.6. The van der Waals surface area contributed by atoms with Gasteiger partial charge in [0, 0.05) is 5.92 Å². The van der Waals surface area contributed by atoms with Crippen molar-refractivity contribution in [2.45, 2.75) is 12.5 Å². The van der Waals surface area contributed by atoms with E-state index in [1.165, 1.54) is 7.11 Å². The van der Waals surface area contributed by atoms with Crippen molar-refractivity contribution < 1.29 is 33.2 Å². The second-order valence-corrected chi connectivity index (χ2v) is 7.07. The minimum atomic E-state index is -0.443. The number of benzene rings is 2. The van der Waals surface area contributed by atoms with E-state index in [9.17, 15) is 4.79 Å². The fraction of sp³-hybridized carbons (Fsp3) is 0.435. The topological polar surface area (TPSA) is 72.5 Å². The first-order valence-electron chi connectivity index (χ1n) is 9.68. The lowest BCUT2D eigenvalue weighted by Crippen LogP contribution is -2.27. The SMILES string of the molecule is COC(=O)[C@@H]1[C@H](Cc2ccc(OC)c(OC)c2)CO[C@H]1c1ccc(OC)c(OC)c1. The Morgan fingerprint density at radius 2 is 1.47 bits per heavy atom. The summed E-state index contributed by atoms with van der Waals surface area (Å²) in [6.07, 6.45) is 0.214. The second-order valence-electron chi connectivity index (χ2n) is 7.07. The molecule has 0 radical (unpaired) electrons. The molecule has 3 atom stereocenters. The quantitative estimate of drug-likeness (QED) is 0.611. The Kier molecular flexibility index (Phi) is 7.05. The molecule has 7 heteroatoms. The normalized spacial score (nSPS) is 20.5. The average molecular weight is 416 g/mol. The van der Waals surface area contributed by atoms with Crippen molar-refractivity contribution in [1.29, 1.82) is 0 Å². The summed E-state index contributed by atoms with van der Waals surface area (Å²) in [4.78, 5) is 12.7. The van der Waals surface area contributed by atoms with Gasteiger partial charge in [-0.05, 0) is 41.8 Å². The minimum Gasteiger partial charge on any atom is -0.493 e. The third kappa shape index (κ3) is 4.31. The Labute approximate surface area is 176 Å². The number of carbonyl (C=O) groups is 1. The van der Waals surface area contributed by atoms with Crippen molar-refractivity contribution in [3.8, 4) is 23.0 Å². The van der Waals surface area contributed by atoms with Gasteiger partial charge in [-0.3, -0.25) is 4.79 Å². The average Bonchev–Trinajstić information content (AvgIpc) is 3.21. The highest BCUT2D eigenvalue weighted by Crippen LogP contribution is 2.43. The molecule has 0 aromatic heterocycles. The number of esters is 1. The van der Waals surface area contributed by atoms with E-state index in [-0.39, 0.29) is 11.9 Å². The van der Waals surface area contributed by atoms with Gasteiger partial charge in [0.25, 0.3) is 0 Å². The van der Waals surface area contributed by atoms with Gasteiger partial charge in [0.2, 0.25) is 0 Å².